The SMILES string of the molecule is CC(C)C[CH]C(=O)NC(C)(C=O)CC1CCNC1=O. The van der Waals surface area contributed by atoms with Crippen molar-refractivity contribution < 1.29 is 14.4 Å². The van der Waals surface area contributed by atoms with E-state index in [9.17, 15) is 14.4 Å². The van der Waals surface area contributed by atoms with Gasteiger partial charge in [0, 0.05) is 18.9 Å². The van der Waals surface area contributed by atoms with Crippen LogP contribution in [0, 0.1) is 18.3 Å². The van der Waals surface area contributed by atoms with E-state index >= 15 is 0 Å². The summed E-state index contributed by atoms with van der Waals surface area (Å²) in [7, 11) is 0. The monoisotopic (exact) mass is 267 g/mol. The molecule has 2 unspecified atom stereocenters. The predicted molar refractivity (Wildman–Crippen MR) is 72.1 cm³/mol. The maximum absolute atomic E-state index is 11.8. The predicted octanol–water partition coefficient (Wildman–Crippen LogP) is 0.837. The summed E-state index contributed by atoms with van der Waals surface area (Å²) < 4.78 is 0. The summed E-state index contributed by atoms with van der Waals surface area (Å²) in [5.74, 6) is -0.0790. The van der Waals surface area contributed by atoms with Gasteiger partial charge in [-0.25, -0.2) is 0 Å². The lowest BCUT2D eigenvalue weighted by molar-refractivity contribution is -0.127. The van der Waals surface area contributed by atoms with Crippen molar-refractivity contribution in [1.82, 2.24) is 10.6 Å². The molecule has 1 heterocycles. The molecule has 2 atom stereocenters. The van der Waals surface area contributed by atoms with Gasteiger partial charge >= 0.3 is 0 Å². The van der Waals surface area contributed by atoms with E-state index in [0.29, 0.717) is 31.7 Å². The zero-order chi connectivity index (χ0) is 14.5. The van der Waals surface area contributed by atoms with Crippen LogP contribution in [0.3, 0.4) is 0 Å². The maximum atomic E-state index is 11.8. The standard InChI is InChI=1S/C14H23N2O3/c1-10(2)4-5-12(18)16-14(3,9-17)8-11-6-7-15-13(11)19/h5,9-11H,4,6-8H2,1-3H3,(H,15,19)(H,16,18). The number of hydrogen-bond acceptors (Lipinski definition) is 3. The summed E-state index contributed by atoms with van der Waals surface area (Å²) in [5.41, 5.74) is -0.975. The largest absolute Gasteiger partial charge is 0.356 e. The van der Waals surface area contributed by atoms with Gasteiger partial charge in [0.15, 0.2) is 0 Å². The Hall–Kier alpha value is -1.39. The highest BCUT2D eigenvalue weighted by molar-refractivity contribution is 5.88. The summed E-state index contributed by atoms with van der Waals surface area (Å²) in [6.07, 6.45) is 4.02. The van der Waals surface area contributed by atoms with Gasteiger partial charge in [0.1, 0.15) is 6.29 Å². The van der Waals surface area contributed by atoms with Crippen LogP contribution in [0.25, 0.3) is 0 Å². The zero-order valence-electron chi connectivity index (χ0n) is 11.9. The number of rotatable bonds is 7. The fourth-order valence-corrected chi connectivity index (χ4v) is 2.16. The molecule has 0 aromatic rings. The molecule has 1 saturated heterocycles. The lowest BCUT2D eigenvalue weighted by Crippen LogP contribution is -2.49. The molecule has 0 saturated carbocycles. The number of hydrogen-bond donors (Lipinski definition) is 2. The van der Waals surface area contributed by atoms with Gasteiger partial charge in [-0.15, -0.1) is 0 Å². The normalized spacial score (nSPS) is 21.9. The first-order valence-corrected chi connectivity index (χ1v) is 6.75. The van der Waals surface area contributed by atoms with Crippen molar-refractivity contribution in [3.8, 4) is 0 Å². The van der Waals surface area contributed by atoms with Crippen LogP contribution in [0.15, 0.2) is 0 Å². The molecule has 107 valence electrons. The first-order valence-electron chi connectivity index (χ1n) is 6.75. The average molecular weight is 267 g/mol. The van der Waals surface area contributed by atoms with Crippen molar-refractivity contribution in [3.63, 3.8) is 0 Å². The Bertz CT molecular complexity index is 355. The Morgan fingerprint density at radius 3 is 2.74 bits per heavy atom. The molecule has 19 heavy (non-hydrogen) atoms. The quantitative estimate of drug-likeness (QED) is 0.671. The van der Waals surface area contributed by atoms with E-state index in [2.05, 4.69) is 10.6 Å². The van der Waals surface area contributed by atoms with Crippen molar-refractivity contribution in [2.75, 3.05) is 6.54 Å². The summed E-state index contributed by atoms with van der Waals surface area (Å²) in [4.78, 5) is 34.5. The van der Waals surface area contributed by atoms with Crippen LogP contribution >= 0.6 is 0 Å². The lowest BCUT2D eigenvalue weighted by atomic mass is 9.88. The smallest absolute Gasteiger partial charge is 0.224 e. The van der Waals surface area contributed by atoms with Crippen molar-refractivity contribution in [3.05, 3.63) is 6.42 Å². The molecule has 0 aromatic carbocycles. The van der Waals surface area contributed by atoms with Crippen LogP contribution in [0.2, 0.25) is 0 Å². The van der Waals surface area contributed by atoms with Gasteiger partial charge in [0.25, 0.3) is 0 Å². The molecule has 0 spiro atoms. The number of aldehydes is 1. The highest BCUT2D eigenvalue weighted by atomic mass is 16.2. The number of carbonyl (C=O) groups is 3. The van der Waals surface area contributed by atoms with Crippen LogP contribution in [0.4, 0.5) is 0 Å². The first kappa shape index (κ1) is 15.7. The third kappa shape index (κ3) is 5.01. The topological polar surface area (TPSA) is 75.3 Å². The van der Waals surface area contributed by atoms with Crippen molar-refractivity contribution in [2.45, 2.75) is 45.6 Å². The molecule has 1 radical (unpaired) electrons. The maximum Gasteiger partial charge on any atom is 0.224 e. The van der Waals surface area contributed by atoms with Gasteiger partial charge in [-0.2, -0.15) is 0 Å². The second-order valence-electron chi connectivity index (χ2n) is 5.84. The summed E-state index contributed by atoms with van der Waals surface area (Å²) in [6, 6.07) is 0. The van der Waals surface area contributed by atoms with Gasteiger partial charge in [0.05, 0.1) is 5.54 Å². The molecule has 5 nitrogen and oxygen atoms in total. The first-order chi connectivity index (χ1) is 8.86. The third-order valence-corrected chi connectivity index (χ3v) is 3.28. The molecule has 2 N–H and O–H groups in total. The molecule has 1 rings (SSSR count). The van der Waals surface area contributed by atoms with E-state index in [4.69, 9.17) is 0 Å². The minimum Gasteiger partial charge on any atom is -0.356 e. The van der Waals surface area contributed by atoms with E-state index in [1.807, 2.05) is 13.8 Å². The molecular weight excluding hydrogens is 244 g/mol. The second-order valence-corrected chi connectivity index (χ2v) is 5.84. The van der Waals surface area contributed by atoms with E-state index in [1.54, 1.807) is 13.3 Å². The van der Waals surface area contributed by atoms with Crippen molar-refractivity contribution in [1.29, 1.82) is 0 Å². The molecule has 1 fully saturated rings. The minimum absolute atomic E-state index is 0.0338. The Balaban J connectivity index is 2.52. The number of carbonyl (C=O) groups excluding carboxylic acids is 3. The third-order valence-electron chi connectivity index (χ3n) is 3.28. The Morgan fingerprint density at radius 1 is 1.58 bits per heavy atom. The van der Waals surface area contributed by atoms with E-state index in [-0.39, 0.29) is 17.7 Å². The van der Waals surface area contributed by atoms with Gasteiger partial charge in [0.2, 0.25) is 11.8 Å². The summed E-state index contributed by atoms with van der Waals surface area (Å²) in [6.45, 7) is 6.34. The Kier molecular flexibility index (Phi) is 5.51. The zero-order valence-corrected chi connectivity index (χ0v) is 11.9. The van der Waals surface area contributed by atoms with E-state index in [1.165, 1.54) is 0 Å². The fourth-order valence-electron chi connectivity index (χ4n) is 2.16. The molecule has 5 heteroatoms. The summed E-state index contributed by atoms with van der Waals surface area (Å²) >= 11 is 0. The molecule has 0 bridgehead atoms. The molecule has 1 aliphatic heterocycles. The lowest BCUT2D eigenvalue weighted by Gasteiger charge is -2.26. The van der Waals surface area contributed by atoms with Crippen LogP contribution in [-0.4, -0.2) is 30.2 Å². The minimum atomic E-state index is -0.975. The molecule has 0 aromatic heterocycles. The average Bonchev–Trinajstić information content (AvgIpc) is 2.72. The molecular formula is C14H23N2O3. The van der Waals surface area contributed by atoms with Crippen molar-refractivity contribution >= 4 is 18.1 Å². The van der Waals surface area contributed by atoms with E-state index < -0.39 is 5.54 Å². The van der Waals surface area contributed by atoms with Gasteiger partial charge in [-0.05, 0) is 32.1 Å². The van der Waals surface area contributed by atoms with Crippen LogP contribution in [0.1, 0.15) is 40.0 Å². The van der Waals surface area contributed by atoms with E-state index in [0.717, 1.165) is 6.29 Å². The number of nitrogens with one attached hydrogen (secondary N) is 2. The number of amides is 2. The Morgan fingerprint density at radius 2 is 2.26 bits per heavy atom. The van der Waals surface area contributed by atoms with Gasteiger partial charge in [-0.1, -0.05) is 13.8 Å². The van der Waals surface area contributed by atoms with Crippen LogP contribution < -0.4 is 10.6 Å². The van der Waals surface area contributed by atoms with Gasteiger partial charge < -0.3 is 15.4 Å². The highest BCUT2D eigenvalue weighted by Gasteiger charge is 2.34. The molecule has 2 amide bonds. The van der Waals surface area contributed by atoms with Crippen LogP contribution in [0.5, 0.6) is 0 Å². The van der Waals surface area contributed by atoms with Crippen LogP contribution in [-0.2, 0) is 14.4 Å². The Labute approximate surface area is 114 Å². The van der Waals surface area contributed by atoms with Crippen molar-refractivity contribution in [2.24, 2.45) is 11.8 Å². The molecule has 1 aliphatic rings. The fraction of sp³-hybridized carbons (Fsp3) is 0.714. The molecule has 0 aliphatic carbocycles. The second kappa shape index (κ2) is 6.68. The summed E-state index contributed by atoms with van der Waals surface area (Å²) in [5, 5.41) is 5.44. The highest BCUT2D eigenvalue weighted by Crippen LogP contribution is 2.21. The van der Waals surface area contributed by atoms with Gasteiger partial charge in [-0.3, -0.25) is 9.59 Å².